The standard InChI is InChI=1S/C16H17F2NO4/c1-23-8-5-13(16(21)22)19(7-8)15(20)10-6-9(10)14-11(17)3-2-4-12(14)18/h2-4,8-10,13H,5-7H2,1H3,(H,21,22). The predicted molar refractivity (Wildman–Crippen MR) is 75.8 cm³/mol. The summed E-state index contributed by atoms with van der Waals surface area (Å²) in [5.74, 6) is -3.90. The van der Waals surface area contributed by atoms with Gasteiger partial charge in [0, 0.05) is 37.5 Å². The molecule has 124 valence electrons. The van der Waals surface area contributed by atoms with Crippen molar-refractivity contribution in [3.8, 4) is 0 Å². The lowest BCUT2D eigenvalue weighted by molar-refractivity contribution is -0.148. The van der Waals surface area contributed by atoms with Gasteiger partial charge < -0.3 is 14.7 Å². The first-order chi connectivity index (χ1) is 10.9. The van der Waals surface area contributed by atoms with Gasteiger partial charge in [-0.2, -0.15) is 0 Å². The van der Waals surface area contributed by atoms with E-state index in [1.54, 1.807) is 0 Å². The van der Waals surface area contributed by atoms with Crippen molar-refractivity contribution >= 4 is 11.9 Å². The van der Waals surface area contributed by atoms with Crippen LogP contribution in [0.1, 0.15) is 24.3 Å². The monoisotopic (exact) mass is 325 g/mol. The zero-order valence-corrected chi connectivity index (χ0v) is 12.5. The van der Waals surface area contributed by atoms with Crippen LogP contribution < -0.4 is 0 Å². The Kier molecular flexibility index (Phi) is 4.06. The Morgan fingerprint density at radius 3 is 2.48 bits per heavy atom. The number of ether oxygens (including phenoxy) is 1. The van der Waals surface area contributed by atoms with E-state index in [1.165, 1.54) is 18.1 Å². The highest BCUT2D eigenvalue weighted by atomic mass is 19.1. The van der Waals surface area contributed by atoms with Gasteiger partial charge in [-0.15, -0.1) is 0 Å². The van der Waals surface area contributed by atoms with Gasteiger partial charge in [-0.05, 0) is 18.6 Å². The molecule has 1 heterocycles. The van der Waals surface area contributed by atoms with E-state index >= 15 is 0 Å². The van der Waals surface area contributed by atoms with E-state index in [9.17, 15) is 23.5 Å². The van der Waals surface area contributed by atoms with Crippen LogP contribution >= 0.6 is 0 Å². The minimum Gasteiger partial charge on any atom is -0.480 e. The van der Waals surface area contributed by atoms with E-state index in [0.717, 1.165) is 12.1 Å². The zero-order valence-electron chi connectivity index (χ0n) is 12.5. The van der Waals surface area contributed by atoms with Crippen molar-refractivity contribution in [2.24, 2.45) is 5.92 Å². The molecule has 1 amide bonds. The second-order valence-corrected chi connectivity index (χ2v) is 6.02. The summed E-state index contributed by atoms with van der Waals surface area (Å²) in [6.07, 6.45) is 0.225. The van der Waals surface area contributed by atoms with E-state index in [-0.39, 0.29) is 30.5 Å². The maximum atomic E-state index is 13.8. The van der Waals surface area contributed by atoms with E-state index in [4.69, 9.17) is 4.74 Å². The van der Waals surface area contributed by atoms with Gasteiger partial charge in [0.2, 0.25) is 5.91 Å². The second-order valence-electron chi connectivity index (χ2n) is 6.02. The number of rotatable bonds is 4. The molecule has 1 aromatic rings. The number of amides is 1. The Morgan fingerprint density at radius 1 is 1.26 bits per heavy atom. The number of carbonyl (C=O) groups is 2. The molecule has 4 atom stereocenters. The lowest BCUT2D eigenvalue weighted by Gasteiger charge is -2.21. The van der Waals surface area contributed by atoms with Crippen LogP contribution in [0, 0.1) is 17.6 Å². The molecule has 2 fully saturated rings. The third-order valence-electron chi connectivity index (χ3n) is 4.64. The van der Waals surface area contributed by atoms with E-state index < -0.39 is 35.5 Å². The van der Waals surface area contributed by atoms with Gasteiger partial charge in [0.15, 0.2) is 0 Å². The maximum Gasteiger partial charge on any atom is 0.326 e. The van der Waals surface area contributed by atoms with Crippen LogP contribution in [0.3, 0.4) is 0 Å². The van der Waals surface area contributed by atoms with E-state index in [2.05, 4.69) is 0 Å². The molecular formula is C16H17F2NO4. The summed E-state index contributed by atoms with van der Waals surface area (Å²) in [5.41, 5.74) is -0.0831. The SMILES string of the molecule is COC1CC(C(=O)O)N(C(=O)C2CC2c2c(F)cccc2F)C1. The largest absolute Gasteiger partial charge is 0.480 e. The first-order valence-corrected chi connectivity index (χ1v) is 7.44. The second kappa shape index (κ2) is 5.88. The van der Waals surface area contributed by atoms with E-state index in [0.29, 0.717) is 6.42 Å². The quantitative estimate of drug-likeness (QED) is 0.916. The zero-order chi connectivity index (χ0) is 16.7. The van der Waals surface area contributed by atoms with Gasteiger partial charge >= 0.3 is 5.97 Å². The van der Waals surface area contributed by atoms with Crippen LogP contribution in [0.4, 0.5) is 8.78 Å². The van der Waals surface area contributed by atoms with Crippen LogP contribution in [-0.2, 0) is 14.3 Å². The molecule has 1 aliphatic heterocycles. The summed E-state index contributed by atoms with van der Waals surface area (Å²) >= 11 is 0. The number of hydrogen-bond donors (Lipinski definition) is 1. The van der Waals surface area contributed by atoms with Gasteiger partial charge in [0.1, 0.15) is 17.7 Å². The summed E-state index contributed by atoms with van der Waals surface area (Å²) in [7, 11) is 1.46. The van der Waals surface area contributed by atoms with Crippen molar-refractivity contribution in [2.45, 2.75) is 30.9 Å². The van der Waals surface area contributed by atoms with Crippen molar-refractivity contribution in [3.05, 3.63) is 35.4 Å². The molecule has 3 rings (SSSR count). The fourth-order valence-corrected chi connectivity index (χ4v) is 3.31. The van der Waals surface area contributed by atoms with Gasteiger partial charge in [-0.3, -0.25) is 4.79 Å². The highest BCUT2D eigenvalue weighted by Gasteiger charge is 2.51. The van der Waals surface area contributed by atoms with Crippen molar-refractivity contribution in [1.29, 1.82) is 0 Å². The summed E-state index contributed by atoms with van der Waals surface area (Å²) in [5, 5.41) is 9.25. The molecule has 5 nitrogen and oxygen atoms in total. The van der Waals surface area contributed by atoms with Crippen molar-refractivity contribution in [3.63, 3.8) is 0 Å². The number of nitrogens with zero attached hydrogens (tertiary/aromatic N) is 1. The van der Waals surface area contributed by atoms with Gasteiger partial charge in [0.25, 0.3) is 0 Å². The Balaban J connectivity index is 1.76. The molecule has 7 heteroatoms. The number of likely N-dealkylation sites (tertiary alicyclic amines) is 1. The highest BCUT2D eigenvalue weighted by molar-refractivity contribution is 5.88. The van der Waals surface area contributed by atoms with E-state index in [1.807, 2.05) is 0 Å². The summed E-state index contributed by atoms with van der Waals surface area (Å²) in [6, 6.07) is 2.65. The minimum absolute atomic E-state index is 0.0831. The Morgan fingerprint density at radius 2 is 1.91 bits per heavy atom. The lowest BCUT2D eigenvalue weighted by Crippen LogP contribution is -2.41. The minimum atomic E-state index is -1.09. The maximum absolute atomic E-state index is 13.8. The molecule has 0 aromatic heterocycles. The van der Waals surface area contributed by atoms with Crippen LogP contribution in [-0.4, -0.2) is 47.7 Å². The van der Waals surface area contributed by atoms with Crippen LogP contribution in [0.2, 0.25) is 0 Å². The molecule has 1 aliphatic carbocycles. The first-order valence-electron chi connectivity index (χ1n) is 7.44. The van der Waals surface area contributed by atoms with Gasteiger partial charge in [-0.1, -0.05) is 6.07 Å². The average molecular weight is 325 g/mol. The number of carboxylic acids is 1. The smallest absolute Gasteiger partial charge is 0.326 e. The molecule has 0 radical (unpaired) electrons. The number of halogens is 2. The molecule has 0 bridgehead atoms. The van der Waals surface area contributed by atoms with Crippen LogP contribution in [0.5, 0.6) is 0 Å². The molecule has 1 N–H and O–H groups in total. The summed E-state index contributed by atoms with van der Waals surface area (Å²) in [4.78, 5) is 25.1. The first kappa shape index (κ1) is 15.9. The van der Waals surface area contributed by atoms with Crippen molar-refractivity contribution < 1.29 is 28.2 Å². The summed E-state index contributed by atoms with van der Waals surface area (Å²) < 4.78 is 32.7. The average Bonchev–Trinajstić information content (AvgIpc) is 3.15. The van der Waals surface area contributed by atoms with Crippen molar-refractivity contribution in [1.82, 2.24) is 4.90 Å². The molecule has 1 aromatic carbocycles. The number of carbonyl (C=O) groups excluding carboxylic acids is 1. The van der Waals surface area contributed by atoms with Crippen molar-refractivity contribution in [2.75, 3.05) is 13.7 Å². The number of benzene rings is 1. The number of aliphatic carboxylic acids is 1. The molecule has 0 spiro atoms. The van der Waals surface area contributed by atoms with Gasteiger partial charge in [-0.25, -0.2) is 13.6 Å². The molecule has 4 unspecified atom stereocenters. The molecule has 23 heavy (non-hydrogen) atoms. The summed E-state index contributed by atoms with van der Waals surface area (Å²) in [6.45, 7) is 0.190. The lowest BCUT2D eigenvalue weighted by atomic mass is 10.1. The fraction of sp³-hybridized carbons (Fsp3) is 0.500. The molecule has 1 saturated heterocycles. The normalized spacial score (nSPS) is 29.6. The highest BCUT2D eigenvalue weighted by Crippen LogP contribution is 2.50. The topological polar surface area (TPSA) is 66.8 Å². The Bertz CT molecular complexity index is 631. The fourth-order valence-electron chi connectivity index (χ4n) is 3.31. The number of methoxy groups -OCH3 is 1. The van der Waals surface area contributed by atoms with Crippen LogP contribution in [0.15, 0.2) is 18.2 Å². The van der Waals surface area contributed by atoms with Gasteiger partial charge in [0.05, 0.1) is 6.10 Å². The molecule has 1 saturated carbocycles. The molecule has 2 aliphatic rings. The third-order valence-corrected chi connectivity index (χ3v) is 4.64. The third kappa shape index (κ3) is 2.81. The number of carboxylic acid groups (broad SMARTS) is 1. The Hall–Kier alpha value is -2.02. The number of hydrogen-bond acceptors (Lipinski definition) is 3. The Labute approximate surface area is 131 Å². The predicted octanol–water partition coefficient (Wildman–Crippen LogP) is 1.77. The molecular weight excluding hydrogens is 308 g/mol. The van der Waals surface area contributed by atoms with Crippen LogP contribution in [0.25, 0.3) is 0 Å².